The van der Waals surface area contributed by atoms with Gasteiger partial charge in [-0.3, -0.25) is 0 Å². The van der Waals surface area contributed by atoms with Gasteiger partial charge in [0, 0.05) is 26.2 Å². The quantitative estimate of drug-likeness (QED) is 0.801. The number of hydrogen-bond acceptors (Lipinski definition) is 6. The predicted molar refractivity (Wildman–Crippen MR) is 78.9 cm³/mol. The molecule has 6 nitrogen and oxygen atoms in total. The van der Waals surface area contributed by atoms with Crippen LogP contribution in [0.25, 0.3) is 0 Å². The Balaban J connectivity index is 1.68. The minimum absolute atomic E-state index is 0.208. The number of hydrogen-bond donors (Lipinski definition) is 0. The Morgan fingerprint density at radius 1 is 1.38 bits per heavy atom. The first-order chi connectivity index (χ1) is 10.2. The Morgan fingerprint density at radius 2 is 2.24 bits per heavy atom. The standard InChI is InChI=1S/C15H21N5O/c1-19-4-5-21-14(10-19)11-20(9-12-2-3-12)15-8-17-13(6-16)7-18-15/h7-8,12,14H,2-5,9-11H2,1H3. The number of rotatable bonds is 5. The summed E-state index contributed by atoms with van der Waals surface area (Å²) < 4.78 is 5.86. The summed E-state index contributed by atoms with van der Waals surface area (Å²) in [4.78, 5) is 13.1. The van der Waals surface area contributed by atoms with Crippen molar-refractivity contribution in [2.75, 3.05) is 44.7 Å². The van der Waals surface area contributed by atoms with Gasteiger partial charge in [-0.2, -0.15) is 5.26 Å². The Kier molecular flexibility index (Phi) is 4.32. The fourth-order valence-electron chi connectivity index (χ4n) is 2.64. The zero-order valence-electron chi connectivity index (χ0n) is 12.4. The number of morpholine rings is 1. The Hall–Kier alpha value is -1.71. The second-order valence-electron chi connectivity index (χ2n) is 5.98. The lowest BCUT2D eigenvalue weighted by molar-refractivity contribution is -0.0149. The largest absolute Gasteiger partial charge is 0.374 e. The summed E-state index contributed by atoms with van der Waals surface area (Å²) in [6.45, 7) is 4.57. The highest BCUT2D eigenvalue weighted by molar-refractivity contribution is 5.38. The molecular weight excluding hydrogens is 266 g/mol. The molecule has 6 heteroatoms. The van der Waals surface area contributed by atoms with Crippen molar-refractivity contribution in [2.24, 2.45) is 5.92 Å². The normalized spacial score (nSPS) is 22.8. The molecule has 0 amide bonds. The van der Waals surface area contributed by atoms with Crippen molar-refractivity contribution in [1.29, 1.82) is 5.26 Å². The summed E-state index contributed by atoms with van der Waals surface area (Å²) in [5.74, 6) is 1.61. The van der Waals surface area contributed by atoms with Gasteiger partial charge in [-0.25, -0.2) is 9.97 Å². The van der Waals surface area contributed by atoms with E-state index in [1.807, 2.05) is 6.07 Å². The Morgan fingerprint density at radius 3 is 2.86 bits per heavy atom. The minimum Gasteiger partial charge on any atom is -0.374 e. The number of anilines is 1. The minimum atomic E-state index is 0.208. The van der Waals surface area contributed by atoms with Crippen LogP contribution in [0.1, 0.15) is 18.5 Å². The second-order valence-corrected chi connectivity index (χ2v) is 5.98. The van der Waals surface area contributed by atoms with Crippen LogP contribution < -0.4 is 4.90 Å². The molecular formula is C15H21N5O. The highest BCUT2D eigenvalue weighted by atomic mass is 16.5. The lowest BCUT2D eigenvalue weighted by Gasteiger charge is -2.34. The first kappa shape index (κ1) is 14.2. The third-order valence-corrected chi connectivity index (χ3v) is 4.02. The molecule has 1 aromatic rings. The molecule has 0 aromatic carbocycles. The van der Waals surface area contributed by atoms with Crippen LogP contribution in [0.15, 0.2) is 12.4 Å². The van der Waals surface area contributed by atoms with Crippen LogP contribution in [0.4, 0.5) is 5.82 Å². The van der Waals surface area contributed by atoms with Crippen LogP contribution in [-0.4, -0.2) is 60.8 Å². The SMILES string of the molecule is CN1CCOC(CN(CC2CC2)c2cnc(C#N)cn2)C1. The van der Waals surface area contributed by atoms with E-state index in [4.69, 9.17) is 10.00 Å². The Bertz CT molecular complexity index is 508. The van der Waals surface area contributed by atoms with E-state index in [0.717, 1.165) is 44.5 Å². The Labute approximate surface area is 125 Å². The summed E-state index contributed by atoms with van der Waals surface area (Å²) in [5.41, 5.74) is 0.360. The smallest absolute Gasteiger partial charge is 0.158 e. The van der Waals surface area contributed by atoms with Crippen molar-refractivity contribution < 1.29 is 4.74 Å². The van der Waals surface area contributed by atoms with Gasteiger partial charge in [0.25, 0.3) is 0 Å². The van der Waals surface area contributed by atoms with Gasteiger partial charge in [0.15, 0.2) is 5.69 Å². The first-order valence-electron chi connectivity index (χ1n) is 7.52. The molecule has 0 radical (unpaired) electrons. The molecule has 2 fully saturated rings. The summed E-state index contributed by atoms with van der Waals surface area (Å²) in [6, 6.07) is 2.01. The zero-order chi connectivity index (χ0) is 14.7. The molecule has 112 valence electrons. The molecule has 1 aliphatic heterocycles. The molecule has 2 aliphatic rings. The average molecular weight is 287 g/mol. The van der Waals surface area contributed by atoms with E-state index in [0.29, 0.717) is 5.69 Å². The number of aromatic nitrogens is 2. The number of nitrogens with zero attached hydrogens (tertiary/aromatic N) is 5. The maximum absolute atomic E-state index is 8.82. The van der Waals surface area contributed by atoms with E-state index in [-0.39, 0.29) is 6.10 Å². The van der Waals surface area contributed by atoms with Crippen LogP contribution in [0, 0.1) is 17.2 Å². The van der Waals surface area contributed by atoms with Crippen molar-refractivity contribution in [2.45, 2.75) is 18.9 Å². The van der Waals surface area contributed by atoms with Crippen LogP contribution in [0.5, 0.6) is 0 Å². The molecule has 1 unspecified atom stereocenters. The van der Waals surface area contributed by atoms with Gasteiger partial charge < -0.3 is 14.5 Å². The van der Waals surface area contributed by atoms with Crippen LogP contribution in [0.2, 0.25) is 0 Å². The topological polar surface area (TPSA) is 65.3 Å². The highest BCUT2D eigenvalue weighted by Crippen LogP contribution is 2.31. The maximum Gasteiger partial charge on any atom is 0.158 e. The van der Waals surface area contributed by atoms with E-state index in [1.165, 1.54) is 12.8 Å². The lowest BCUT2D eigenvalue weighted by Crippen LogP contribution is -2.46. The number of ether oxygens (including phenoxy) is 1. The highest BCUT2D eigenvalue weighted by Gasteiger charge is 2.28. The fourth-order valence-corrected chi connectivity index (χ4v) is 2.64. The van der Waals surface area contributed by atoms with Gasteiger partial charge in [-0.1, -0.05) is 0 Å². The second kappa shape index (κ2) is 6.37. The summed E-state index contributed by atoms with van der Waals surface area (Å²) >= 11 is 0. The van der Waals surface area contributed by atoms with Gasteiger partial charge >= 0.3 is 0 Å². The zero-order valence-corrected chi connectivity index (χ0v) is 12.4. The van der Waals surface area contributed by atoms with Gasteiger partial charge in [0.2, 0.25) is 0 Å². The predicted octanol–water partition coefficient (Wildman–Crippen LogP) is 0.895. The fraction of sp³-hybridized carbons (Fsp3) is 0.667. The average Bonchev–Trinajstić information content (AvgIpc) is 3.31. The van der Waals surface area contributed by atoms with E-state index in [9.17, 15) is 0 Å². The molecule has 0 spiro atoms. The molecule has 1 saturated carbocycles. The summed E-state index contributed by atoms with van der Waals surface area (Å²) in [6.07, 6.45) is 6.05. The van der Waals surface area contributed by atoms with Crippen molar-refractivity contribution >= 4 is 5.82 Å². The number of nitriles is 1. The summed E-state index contributed by atoms with van der Waals surface area (Å²) in [7, 11) is 2.13. The van der Waals surface area contributed by atoms with Gasteiger partial charge in [-0.05, 0) is 25.8 Å². The van der Waals surface area contributed by atoms with Crippen molar-refractivity contribution in [3.05, 3.63) is 18.1 Å². The van der Waals surface area contributed by atoms with E-state index < -0.39 is 0 Å². The first-order valence-corrected chi connectivity index (χ1v) is 7.52. The monoisotopic (exact) mass is 287 g/mol. The lowest BCUT2D eigenvalue weighted by atomic mass is 10.2. The molecule has 1 atom stereocenters. The van der Waals surface area contributed by atoms with Crippen LogP contribution >= 0.6 is 0 Å². The molecule has 0 bridgehead atoms. The molecule has 3 rings (SSSR count). The third-order valence-electron chi connectivity index (χ3n) is 4.02. The van der Waals surface area contributed by atoms with Crippen molar-refractivity contribution in [3.8, 4) is 6.07 Å². The number of likely N-dealkylation sites (N-methyl/N-ethyl adjacent to an activating group) is 1. The van der Waals surface area contributed by atoms with Crippen LogP contribution in [0.3, 0.4) is 0 Å². The van der Waals surface area contributed by atoms with Crippen LogP contribution in [-0.2, 0) is 4.74 Å². The third kappa shape index (κ3) is 3.90. The molecule has 2 heterocycles. The molecule has 0 N–H and O–H groups in total. The molecule has 1 aliphatic carbocycles. The maximum atomic E-state index is 8.82. The van der Waals surface area contributed by atoms with Gasteiger partial charge in [0.05, 0.1) is 25.1 Å². The summed E-state index contributed by atoms with van der Waals surface area (Å²) in [5, 5.41) is 8.82. The molecule has 1 aromatic heterocycles. The molecule has 1 saturated heterocycles. The van der Waals surface area contributed by atoms with Gasteiger partial charge in [0.1, 0.15) is 11.9 Å². The van der Waals surface area contributed by atoms with E-state index >= 15 is 0 Å². The van der Waals surface area contributed by atoms with Crippen molar-refractivity contribution in [3.63, 3.8) is 0 Å². The van der Waals surface area contributed by atoms with E-state index in [1.54, 1.807) is 12.4 Å². The van der Waals surface area contributed by atoms with Gasteiger partial charge in [-0.15, -0.1) is 0 Å². The molecule has 21 heavy (non-hydrogen) atoms. The van der Waals surface area contributed by atoms with E-state index in [2.05, 4.69) is 26.8 Å². The van der Waals surface area contributed by atoms with Crippen molar-refractivity contribution in [1.82, 2.24) is 14.9 Å².